The van der Waals surface area contributed by atoms with Crippen LogP contribution in [0, 0.1) is 0 Å². The molecule has 0 fully saturated rings. The molecule has 0 bridgehead atoms. The van der Waals surface area contributed by atoms with E-state index in [1.165, 1.54) is 0 Å². The van der Waals surface area contributed by atoms with Gasteiger partial charge in [-0.1, -0.05) is 12.1 Å². The highest BCUT2D eigenvalue weighted by molar-refractivity contribution is 6.19. The first-order valence-corrected chi connectivity index (χ1v) is 3.60. The normalized spacial score (nSPS) is 9.55. The van der Waals surface area contributed by atoms with Gasteiger partial charge in [-0.3, -0.25) is 4.98 Å². The Hall–Kier alpha value is -0.530. The van der Waals surface area contributed by atoms with Gasteiger partial charge in [-0.05, 0) is 18.2 Å². The Morgan fingerprint density at radius 2 is 2.27 bits per heavy atom. The van der Waals surface area contributed by atoms with E-state index in [1.54, 1.807) is 6.20 Å². The quantitative estimate of drug-likeness (QED) is 0.653. The number of allylic oxidation sites excluding steroid dienone is 1. The molecule has 1 rings (SSSR count). The molecule has 1 heterocycles. The maximum absolute atomic E-state index is 5.44. The molecule has 0 saturated carbocycles. The Kier molecular flexibility index (Phi) is 5.90. The van der Waals surface area contributed by atoms with Crippen molar-refractivity contribution in [3.8, 4) is 0 Å². The molecule has 0 aliphatic carbocycles. The van der Waals surface area contributed by atoms with Gasteiger partial charge < -0.3 is 0 Å². The summed E-state index contributed by atoms with van der Waals surface area (Å²) in [5.74, 6) is 0.538. The molecular formula is C8H9Cl2N. The number of pyridine rings is 1. The topological polar surface area (TPSA) is 12.9 Å². The summed E-state index contributed by atoms with van der Waals surface area (Å²) in [7, 11) is 0. The second-order valence-corrected chi connectivity index (χ2v) is 2.12. The lowest BCUT2D eigenvalue weighted by molar-refractivity contribution is 1.29. The molecule has 0 amide bonds. The fourth-order valence-electron chi connectivity index (χ4n) is 0.640. The summed E-state index contributed by atoms with van der Waals surface area (Å²) in [6, 6.07) is 5.77. The van der Waals surface area contributed by atoms with Crippen LogP contribution in [0.15, 0.2) is 30.5 Å². The predicted molar refractivity (Wildman–Crippen MR) is 51.2 cm³/mol. The molecule has 0 atom stereocenters. The van der Waals surface area contributed by atoms with Crippen molar-refractivity contribution in [1.29, 1.82) is 0 Å². The zero-order chi connectivity index (χ0) is 7.23. The van der Waals surface area contributed by atoms with Crippen molar-refractivity contribution in [2.45, 2.75) is 0 Å². The third-order valence-electron chi connectivity index (χ3n) is 1.07. The largest absolute Gasteiger partial charge is 0.257 e. The minimum Gasteiger partial charge on any atom is -0.257 e. The molecule has 0 N–H and O–H groups in total. The Bertz CT molecular complexity index is 209. The fourth-order valence-corrected chi connectivity index (χ4v) is 0.729. The molecule has 11 heavy (non-hydrogen) atoms. The van der Waals surface area contributed by atoms with Crippen LogP contribution in [0.4, 0.5) is 0 Å². The summed E-state index contributed by atoms with van der Waals surface area (Å²) in [5, 5.41) is 0. The van der Waals surface area contributed by atoms with E-state index in [0.29, 0.717) is 5.88 Å². The third-order valence-corrected chi connectivity index (χ3v) is 1.24. The van der Waals surface area contributed by atoms with Gasteiger partial charge in [0.15, 0.2) is 0 Å². The molecule has 0 saturated heterocycles. The van der Waals surface area contributed by atoms with Gasteiger partial charge in [0, 0.05) is 12.1 Å². The average molecular weight is 190 g/mol. The lowest BCUT2D eigenvalue weighted by Gasteiger charge is -1.87. The second-order valence-electron chi connectivity index (χ2n) is 1.81. The van der Waals surface area contributed by atoms with Crippen LogP contribution in [0.2, 0.25) is 0 Å². The highest BCUT2D eigenvalue weighted by Gasteiger charge is 1.80. The molecule has 1 aromatic heterocycles. The van der Waals surface area contributed by atoms with Gasteiger partial charge in [-0.15, -0.1) is 24.0 Å². The molecule has 1 aromatic rings. The number of rotatable bonds is 2. The first-order valence-electron chi connectivity index (χ1n) is 3.07. The monoisotopic (exact) mass is 189 g/mol. The summed E-state index contributed by atoms with van der Waals surface area (Å²) < 4.78 is 0. The van der Waals surface area contributed by atoms with Crippen LogP contribution in [0.5, 0.6) is 0 Å². The summed E-state index contributed by atoms with van der Waals surface area (Å²) in [5.41, 5.74) is 0.947. The van der Waals surface area contributed by atoms with Gasteiger partial charge in [-0.2, -0.15) is 0 Å². The SMILES string of the molecule is Cl.ClC/C=C/c1ccccn1. The van der Waals surface area contributed by atoms with Crippen molar-refractivity contribution < 1.29 is 0 Å². The Morgan fingerprint density at radius 1 is 1.45 bits per heavy atom. The van der Waals surface area contributed by atoms with Gasteiger partial charge in [0.1, 0.15) is 0 Å². The molecule has 0 spiro atoms. The molecule has 3 heteroatoms. The predicted octanol–water partition coefficient (Wildman–Crippen LogP) is 2.76. The van der Waals surface area contributed by atoms with Crippen LogP contribution in [0.1, 0.15) is 5.69 Å². The Balaban J connectivity index is 0.000001000. The zero-order valence-electron chi connectivity index (χ0n) is 5.90. The molecular weight excluding hydrogens is 181 g/mol. The lowest BCUT2D eigenvalue weighted by Crippen LogP contribution is -1.75. The highest BCUT2D eigenvalue weighted by atomic mass is 35.5. The number of hydrogen-bond acceptors (Lipinski definition) is 1. The van der Waals surface area contributed by atoms with Crippen LogP contribution in [0.3, 0.4) is 0 Å². The molecule has 0 aromatic carbocycles. The standard InChI is InChI=1S/C8H8ClN.ClH/c9-6-3-5-8-4-1-2-7-10-8;/h1-5,7H,6H2;1H/b5-3+;. The Labute approximate surface area is 77.5 Å². The molecule has 0 unspecified atom stereocenters. The van der Waals surface area contributed by atoms with E-state index in [-0.39, 0.29) is 12.4 Å². The van der Waals surface area contributed by atoms with Crippen LogP contribution < -0.4 is 0 Å². The van der Waals surface area contributed by atoms with Crippen LogP contribution in [-0.2, 0) is 0 Å². The summed E-state index contributed by atoms with van der Waals surface area (Å²) in [6.45, 7) is 0. The van der Waals surface area contributed by atoms with E-state index in [1.807, 2.05) is 30.4 Å². The number of halogens is 2. The number of aromatic nitrogens is 1. The molecule has 1 nitrogen and oxygen atoms in total. The first kappa shape index (κ1) is 10.5. The van der Waals surface area contributed by atoms with E-state index in [9.17, 15) is 0 Å². The van der Waals surface area contributed by atoms with Crippen LogP contribution in [-0.4, -0.2) is 10.9 Å². The number of alkyl halides is 1. The molecule has 0 radical (unpaired) electrons. The third kappa shape index (κ3) is 4.02. The van der Waals surface area contributed by atoms with E-state index >= 15 is 0 Å². The van der Waals surface area contributed by atoms with E-state index < -0.39 is 0 Å². The molecule has 60 valence electrons. The van der Waals surface area contributed by atoms with E-state index in [2.05, 4.69) is 4.98 Å². The molecule has 0 aliphatic heterocycles. The molecule has 0 aliphatic rings. The van der Waals surface area contributed by atoms with Crippen LogP contribution in [0.25, 0.3) is 6.08 Å². The van der Waals surface area contributed by atoms with Crippen molar-refractivity contribution in [3.63, 3.8) is 0 Å². The number of nitrogens with zero attached hydrogens (tertiary/aromatic N) is 1. The van der Waals surface area contributed by atoms with E-state index in [0.717, 1.165) is 5.69 Å². The van der Waals surface area contributed by atoms with Gasteiger partial charge in [0.25, 0.3) is 0 Å². The van der Waals surface area contributed by atoms with Gasteiger partial charge in [-0.25, -0.2) is 0 Å². The zero-order valence-corrected chi connectivity index (χ0v) is 7.48. The van der Waals surface area contributed by atoms with Gasteiger partial charge in [0.2, 0.25) is 0 Å². The number of hydrogen-bond donors (Lipinski definition) is 0. The lowest BCUT2D eigenvalue weighted by atomic mass is 10.3. The summed E-state index contributed by atoms with van der Waals surface area (Å²) in [4.78, 5) is 4.07. The van der Waals surface area contributed by atoms with Crippen molar-refractivity contribution in [2.24, 2.45) is 0 Å². The fraction of sp³-hybridized carbons (Fsp3) is 0.125. The Morgan fingerprint density at radius 3 is 2.82 bits per heavy atom. The van der Waals surface area contributed by atoms with E-state index in [4.69, 9.17) is 11.6 Å². The first-order chi connectivity index (χ1) is 4.93. The second kappa shape index (κ2) is 6.20. The highest BCUT2D eigenvalue weighted by Crippen LogP contribution is 1.95. The minimum atomic E-state index is 0. The smallest absolute Gasteiger partial charge is 0.0626 e. The van der Waals surface area contributed by atoms with Gasteiger partial charge >= 0.3 is 0 Å². The summed E-state index contributed by atoms with van der Waals surface area (Å²) in [6.07, 6.45) is 5.52. The van der Waals surface area contributed by atoms with Crippen molar-refractivity contribution in [2.75, 3.05) is 5.88 Å². The van der Waals surface area contributed by atoms with Crippen molar-refractivity contribution in [1.82, 2.24) is 4.98 Å². The van der Waals surface area contributed by atoms with Crippen molar-refractivity contribution in [3.05, 3.63) is 36.2 Å². The van der Waals surface area contributed by atoms with Crippen molar-refractivity contribution >= 4 is 30.1 Å². The van der Waals surface area contributed by atoms with Crippen LogP contribution >= 0.6 is 24.0 Å². The maximum atomic E-state index is 5.44. The maximum Gasteiger partial charge on any atom is 0.0626 e. The minimum absolute atomic E-state index is 0. The van der Waals surface area contributed by atoms with Gasteiger partial charge in [0.05, 0.1) is 5.69 Å². The summed E-state index contributed by atoms with van der Waals surface area (Å²) >= 11 is 5.44. The average Bonchev–Trinajstić information content (AvgIpc) is 2.03.